The molecule has 3 rings (SSSR count). The number of hydrogen-bond donors (Lipinski definition) is 0. The molecular weight excluding hydrogens is 462 g/mol. The summed E-state index contributed by atoms with van der Waals surface area (Å²) < 4.78 is 12.6. The number of benzene rings is 1. The first-order valence-electron chi connectivity index (χ1n) is 10.3. The summed E-state index contributed by atoms with van der Waals surface area (Å²) in [7, 11) is 0.979. The van der Waals surface area contributed by atoms with Gasteiger partial charge < -0.3 is 9.69 Å². The maximum atomic E-state index is 11.5. The highest BCUT2D eigenvalue weighted by atomic mass is 35.5. The number of nitrogens with zero attached hydrogens (tertiary/aromatic N) is 3. The van der Waals surface area contributed by atoms with E-state index in [4.69, 9.17) is 11.6 Å². The van der Waals surface area contributed by atoms with E-state index >= 15 is 0 Å². The minimum absolute atomic E-state index is 0.351. The van der Waals surface area contributed by atoms with Gasteiger partial charge in [0.05, 0.1) is 20.5 Å². The molecule has 1 aromatic carbocycles. The molecule has 0 fully saturated rings. The lowest BCUT2D eigenvalue weighted by molar-refractivity contribution is -0.107. The van der Waals surface area contributed by atoms with Crippen molar-refractivity contribution in [1.82, 2.24) is 9.97 Å². The topological polar surface area (TPSA) is 63.2 Å². The van der Waals surface area contributed by atoms with Gasteiger partial charge in [-0.2, -0.15) is 0 Å². The molecule has 0 bridgehead atoms. The molecule has 1 atom stereocenters. The molecule has 0 N–H and O–H groups in total. The van der Waals surface area contributed by atoms with E-state index in [0.717, 1.165) is 51.5 Å². The Morgan fingerprint density at radius 1 is 1.28 bits per heavy atom. The van der Waals surface area contributed by atoms with Gasteiger partial charge in [-0.3, -0.25) is 9.19 Å². The van der Waals surface area contributed by atoms with E-state index in [2.05, 4.69) is 34.4 Å². The molecule has 0 radical (unpaired) electrons. The molecule has 0 aliphatic carbocycles. The Hall–Kier alpha value is -2.35. The third kappa shape index (κ3) is 7.97. The van der Waals surface area contributed by atoms with Crippen LogP contribution in [0.1, 0.15) is 31.7 Å². The SMILES string of the molecule is C=C/C(=C\CCC)S(=O)CCC=O.CN(Cc1cccnc1)c1nc2c(Cl)cccc2s1. The second kappa shape index (κ2) is 13.9. The summed E-state index contributed by atoms with van der Waals surface area (Å²) in [6.45, 7) is 6.44. The highest BCUT2D eigenvalue weighted by molar-refractivity contribution is 7.89. The van der Waals surface area contributed by atoms with E-state index in [0.29, 0.717) is 17.2 Å². The van der Waals surface area contributed by atoms with Crippen LogP contribution < -0.4 is 4.90 Å². The van der Waals surface area contributed by atoms with Crippen molar-refractivity contribution < 1.29 is 9.00 Å². The number of anilines is 1. The van der Waals surface area contributed by atoms with Crippen molar-refractivity contribution in [3.63, 3.8) is 0 Å². The number of aldehydes is 1. The van der Waals surface area contributed by atoms with Crippen LogP contribution in [0.2, 0.25) is 5.02 Å². The first kappa shape index (κ1) is 25.9. The van der Waals surface area contributed by atoms with Gasteiger partial charge >= 0.3 is 0 Å². The second-order valence-electron chi connectivity index (χ2n) is 6.90. The first-order valence-corrected chi connectivity index (χ1v) is 12.8. The second-order valence-corrected chi connectivity index (χ2v) is 9.89. The Morgan fingerprint density at radius 3 is 2.72 bits per heavy atom. The summed E-state index contributed by atoms with van der Waals surface area (Å²) in [5.41, 5.74) is 2.04. The number of aromatic nitrogens is 2. The highest BCUT2D eigenvalue weighted by Gasteiger charge is 2.10. The van der Waals surface area contributed by atoms with E-state index in [1.807, 2.05) is 43.6 Å². The molecule has 0 spiro atoms. The number of carbonyl (C=O) groups is 1. The van der Waals surface area contributed by atoms with Gasteiger partial charge in [-0.05, 0) is 30.2 Å². The van der Waals surface area contributed by atoms with Gasteiger partial charge in [-0.25, -0.2) is 4.98 Å². The van der Waals surface area contributed by atoms with Crippen LogP contribution in [0.4, 0.5) is 5.13 Å². The van der Waals surface area contributed by atoms with Gasteiger partial charge in [0.15, 0.2) is 5.13 Å². The van der Waals surface area contributed by atoms with Crippen LogP contribution in [0.15, 0.2) is 66.4 Å². The monoisotopic (exact) mass is 489 g/mol. The molecule has 2 heterocycles. The standard InChI is InChI=1S/C14H12ClN3S.C10H16O2S/c1-18(9-10-4-3-7-16-8-10)14-17-13-11(15)5-2-6-12(13)19-14;1-3-5-7-10(4-2)13(12)9-6-8-11/h2-8H,9H2,1H3;4,7-8H,2-3,5-6,9H2,1H3/b;10-7+. The van der Waals surface area contributed by atoms with Crippen LogP contribution >= 0.6 is 22.9 Å². The number of allylic oxidation sites excluding steroid dienone is 2. The van der Waals surface area contributed by atoms with E-state index in [-0.39, 0.29) is 0 Å². The number of rotatable bonds is 10. The van der Waals surface area contributed by atoms with Crippen LogP contribution in [0.3, 0.4) is 0 Å². The maximum Gasteiger partial charge on any atom is 0.186 e. The molecule has 5 nitrogen and oxygen atoms in total. The summed E-state index contributed by atoms with van der Waals surface area (Å²) >= 11 is 7.80. The van der Waals surface area contributed by atoms with Crippen molar-refractivity contribution in [2.75, 3.05) is 17.7 Å². The number of pyridine rings is 1. The number of halogens is 1. The van der Waals surface area contributed by atoms with E-state index in [9.17, 15) is 9.00 Å². The minimum Gasteiger partial charge on any atom is -0.347 e. The maximum absolute atomic E-state index is 11.5. The third-order valence-electron chi connectivity index (χ3n) is 4.35. The van der Waals surface area contributed by atoms with Gasteiger partial charge in [0.25, 0.3) is 0 Å². The molecule has 32 heavy (non-hydrogen) atoms. The summed E-state index contributed by atoms with van der Waals surface area (Å²) in [6, 6.07) is 9.87. The van der Waals surface area contributed by atoms with E-state index in [1.165, 1.54) is 0 Å². The zero-order valence-electron chi connectivity index (χ0n) is 18.4. The van der Waals surface area contributed by atoms with Crippen molar-refractivity contribution in [2.24, 2.45) is 0 Å². The zero-order chi connectivity index (χ0) is 23.3. The van der Waals surface area contributed by atoms with Gasteiger partial charge in [-0.15, -0.1) is 0 Å². The number of fused-ring (bicyclic) bond motifs is 1. The van der Waals surface area contributed by atoms with Gasteiger partial charge in [-0.1, -0.05) is 67.1 Å². The van der Waals surface area contributed by atoms with Crippen LogP contribution in [0, 0.1) is 0 Å². The summed E-state index contributed by atoms with van der Waals surface area (Å²) in [4.78, 5) is 21.6. The number of hydrogen-bond acceptors (Lipinski definition) is 6. The van der Waals surface area contributed by atoms with Crippen LogP contribution in [-0.2, 0) is 22.1 Å². The molecular formula is C24H28ClN3O2S2. The van der Waals surface area contributed by atoms with Crippen LogP contribution in [-0.4, -0.2) is 33.3 Å². The number of carbonyl (C=O) groups excluding carboxylic acids is 1. The van der Waals surface area contributed by atoms with Crippen molar-refractivity contribution in [2.45, 2.75) is 32.7 Å². The average Bonchev–Trinajstić information content (AvgIpc) is 3.25. The lowest BCUT2D eigenvalue weighted by Gasteiger charge is -2.14. The Balaban J connectivity index is 0.000000247. The molecule has 8 heteroatoms. The molecule has 1 unspecified atom stereocenters. The summed E-state index contributed by atoms with van der Waals surface area (Å²) in [6.07, 6.45) is 10.3. The molecule has 2 aromatic heterocycles. The summed E-state index contributed by atoms with van der Waals surface area (Å²) in [5, 5.41) is 1.67. The lowest BCUT2D eigenvalue weighted by atomic mass is 10.3. The fraction of sp³-hybridized carbons (Fsp3) is 0.292. The largest absolute Gasteiger partial charge is 0.347 e. The minimum atomic E-state index is -1.05. The molecule has 3 aromatic rings. The third-order valence-corrected chi connectivity index (χ3v) is 7.25. The fourth-order valence-electron chi connectivity index (χ4n) is 2.73. The van der Waals surface area contributed by atoms with Gasteiger partial charge in [0, 0.05) is 43.1 Å². The Bertz CT molecular complexity index is 1070. The first-order chi connectivity index (χ1) is 15.5. The molecule has 0 aliphatic heterocycles. The smallest absolute Gasteiger partial charge is 0.186 e. The Kier molecular flexibility index (Phi) is 11.3. The van der Waals surface area contributed by atoms with E-state index in [1.54, 1.807) is 23.6 Å². The lowest BCUT2D eigenvalue weighted by Crippen LogP contribution is -2.15. The fourth-order valence-corrected chi connectivity index (χ4v) is 4.99. The predicted octanol–water partition coefficient (Wildman–Crippen LogP) is 6.18. The average molecular weight is 490 g/mol. The number of para-hydroxylation sites is 1. The van der Waals surface area contributed by atoms with Crippen LogP contribution in [0.5, 0.6) is 0 Å². The molecule has 0 amide bonds. The van der Waals surface area contributed by atoms with E-state index < -0.39 is 10.8 Å². The van der Waals surface area contributed by atoms with Crippen LogP contribution in [0.25, 0.3) is 10.2 Å². The normalized spacial score (nSPS) is 12.0. The Labute approximate surface area is 201 Å². The quantitative estimate of drug-likeness (QED) is 0.251. The van der Waals surface area contributed by atoms with Gasteiger partial charge in [0.1, 0.15) is 11.8 Å². The van der Waals surface area contributed by atoms with Crippen molar-refractivity contribution in [1.29, 1.82) is 0 Å². The number of thiazole rings is 1. The predicted molar refractivity (Wildman–Crippen MR) is 138 cm³/mol. The molecule has 0 saturated heterocycles. The Morgan fingerprint density at radius 2 is 2.09 bits per heavy atom. The molecule has 0 aliphatic rings. The van der Waals surface area contributed by atoms with Crippen molar-refractivity contribution >= 4 is 55.4 Å². The molecule has 0 saturated carbocycles. The number of unbranched alkanes of at least 4 members (excludes halogenated alkanes) is 1. The summed E-state index contributed by atoms with van der Waals surface area (Å²) in [5.74, 6) is 0.408. The van der Waals surface area contributed by atoms with Gasteiger partial charge in [0.2, 0.25) is 0 Å². The zero-order valence-corrected chi connectivity index (χ0v) is 20.8. The van der Waals surface area contributed by atoms with Crippen molar-refractivity contribution in [3.05, 3.63) is 76.9 Å². The molecule has 170 valence electrons. The highest BCUT2D eigenvalue weighted by Crippen LogP contribution is 2.32. The van der Waals surface area contributed by atoms with Crippen molar-refractivity contribution in [3.8, 4) is 0 Å².